The second-order valence-corrected chi connectivity index (χ2v) is 3.24. The minimum atomic E-state index is -0.344. The topological polar surface area (TPSA) is 52.6 Å². The van der Waals surface area contributed by atoms with Crippen LogP contribution >= 0.6 is 0 Å². The maximum atomic E-state index is 11.2. The summed E-state index contributed by atoms with van der Waals surface area (Å²) in [4.78, 5) is 21.7. The summed E-state index contributed by atoms with van der Waals surface area (Å²) in [5, 5.41) is 0. The lowest BCUT2D eigenvalue weighted by atomic mass is 10.1. The first-order valence-corrected chi connectivity index (χ1v) is 4.97. The molecule has 0 unspecified atom stereocenters. The third-order valence-corrected chi connectivity index (χ3v) is 1.91. The fourth-order valence-electron chi connectivity index (χ4n) is 1.22. The van der Waals surface area contributed by atoms with Crippen molar-refractivity contribution < 1.29 is 19.1 Å². The average Bonchev–Trinajstić information content (AvgIpc) is 2.24. The Morgan fingerprint density at radius 1 is 1.12 bits per heavy atom. The summed E-state index contributed by atoms with van der Waals surface area (Å²) in [7, 11) is 0. The van der Waals surface area contributed by atoms with Crippen molar-refractivity contribution in [1.82, 2.24) is 0 Å². The van der Waals surface area contributed by atoms with E-state index in [9.17, 15) is 9.59 Å². The molecule has 0 N–H and O–H groups in total. The summed E-state index contributed by atoms with van der Waals surface area (Å²) in [5.74, 6) is 0.119. The van der Waals surface area contributed by atoms with E-state index < -0.39 is 0 Å². The Morgan fingerprint density at radius 3 is 2.44 bits per heavy atom. The second-order valence-electron chi connectivity index (χ2n) is 3.24. The number of ketones is 1. The number of Topliss-reactive ketones (excluding diaryl/α,β-unsaturated/α-hetero) is 1. The predicted octanol–water partition coefficient (Wildman–Crippen LogP) is 1.83. The van der Waals surface area contributed by atoms with Crippen LogP contribution < -0.4 is 4.74 Å². The number of carbonyl (C=O) groups is 2. The molecule has 16 heavy (non-hydrogen) atoms. The molecule has 0 bridgehead atoms. The zero-order valence-electron chi connectivity index (χ0n) is 9.36. The normalized spacial score (nSPS) is 9.62. The Morgan fingerprint density at radius 2 is 1.81 bits per heavy atom. The lowest BCUT2D eigenvalue weighted by Crippen LogP contribution is -2.11. The molecule has 0 heterocycles. The standard InChI is InChI=1S/C12H14O4/c1-9(13)11-5-3-4-6-12(11)16-8-7-15-10(2)14/h3-6H,7-8H2,1-2H3. The highest BCUT2D eigenvalue weighted by atomic mass is 16.6. The molecule has 0 aromatic heterocycles. The zero-order valence-corrected chi connectivity index (χ0v) is 9.36. The van der Waals surface area contributed by atoms with E-state index in [0.29, 0.717) is 11.3 Å². The van der Waals surface area contributed by atoms with Crippen LogP contribution in [0.2, 0.25) is 0 Å². The van der Waals surface area contributed by atoms with Gasteiger partial charge in [-0.1, -0.05) is 12.1 Å². The Kier molecular flexibility index (Phi) is 4.51. The van der Waals surface area contributed by atoms with E-state index in [0.717, 1.165) is 0 Å². The summed E-state index contributed by atoms with van der Waals surface area (Å²) >= 11 is 0. The fourth-order valence-corrected chi connectivity index (χ4v) is 1.22. The summed E-state index contributed by atoms with van der Waals surface area (Å²) in [5.41, 5.74) is 0.533. The van der Waals surface area contributed by atoms with Gasteiger partial charge in [0, 0.05) is 6.92 Å². The molecule has 1 aromatic rings. The van der Waals surface area contributed by atoms with E-state index in [4.69, 9.17) is 9.47 Å². The van der Waals surface area contributed by atoms with Gasteiger partial charge in [0.05, 0.1) is 5.56 Å². The number of rotatable bonds is 5. The van der Waals surface area contributed by atoms with Crippen molar-refractivity contribution in [3.63, 3.8) is 0 Å². The SMILES string of the molecule is CC(=O)OCCOc1ccccc1C(C)=O. The third kappa shape index (κ3) is 3.73. The number of esters is 1. The molecule has 0 spiro atoms. The van der Waals surface area contributed by atoms with Gasteiger partial charge in [-0.25, -0.2) is 0 Å². The molecule has 0 fully saturated rings. The molecular formula is C12H14O4. The van der Waals surface area contributed by atoms with Gasteiger partial charge in [0.2, 0.25) is 0 Å². The number of ether oxygens (including phenoxy) is 2. The second kappa shape index (κ2) is 5.90. The maximum Gasteiger partial charge on any atom is 0.302 e. The number of hydrogen-bond donors (Lipinski definition) is 0. The van der Waals surface area contributed by atoms with Crippen molar-refractivity contribution in [2.75, 3.05) is 13.2 Å². The first-order valence-electron chi connectivity index (χ1n) is 4.97. The van der Waals surface area contributed by atoms with E-state index in [1.54, 1.807) is 24.3 Å². The Hall–Kier alpha value is -1.84. The van der Waals surface area contributed by atoms with Crippen LogP contribution in [0.25, 0.3) is 0 Å². The highest BCUT2D eigenvalue weighted by Gasteiger charge is 2.06. The van der Waals surface area contributed by atoms with Gasteiger partial charge < -0.3 is 9.47 Å². The van der Waals surface area contributed by atoms with Crippen molar-refractivity contribution in [2.45, 2.75) is 13.8 Å². The van der Waals surface area contributed by atoms with Crippen molar-refractivity contribution in [3.8, 4) is 5.75 Å². The Balaban J connectivity index is 2.53. The smallest absolute Gasteiger partial charge is 0.302 e. The molecule has 0 saturated heterocycles. The first kappa shape index (κ1) is 12.2. The first-order chi connectivity index (χ1) is 7.61. The summed E-state index contributed by atoms with van der Waals surface area (Å²) in [6.07, 6.45) is 0. The molecule has 4 heteroatoms. The molecule has 0 aliphatic carbocycles. The van der Waals surface area contributed by atoms with Gasteiger partial charge in [0.1, 0.15) is 19.0 Å². The van der Waals surface area contributed by atoms with Crippen LogP contribution in [0.5, 0.6) is 5.75 Å². The maximum absolute atomic E-state index is 11.2. The van der Waals surface area contributed by atoms with E-state index in [2.05, 4.69) is 0 Å². The average molecular weight is 222 g/mol. The highest BCUT2D eigenvalue weighted by molar-refractivity contribution is 5.96. The van der Waals surface area contributed by atoms with Gasteiger partial charge in [0.15, 0.2) is 5.78 Å². The molecule has 0 amide bonds. The monoisotopic (exact) mass is 222 g/mol. The minimum absolute atomic E-state index is 0.0527. The van der Waals surface area contributed by atoms with E-state index in [1.807, 2.05) is 0 Å². The van der Waals surface area contributed by atoms with E-state index >= 15 is 0 Å². The predicted molar refractivity (Wildman–Crippen MR) is 58.6 cm³/mol. The van der Waals surface area contributed by atoms with Crippen molar-refractivity contribution in [3.05, 3.63) is 29.8 Å². The van der Waals surface area contributed by atoms with Gasteiger partial charge >= 0.3 is 5.97 Å². The van der Waals surface area contributed by atoms with Crippen LogP contribution in [0.3, 0.4) is 0 Å². The number of para-hydroxylation sites is 1. The number of carbonyl (C=O) groups excluding carboxylic acids is 2. The minimum Gasteiger partial charge on any atom is -0.489 e. The van der Waals surface area contributed by atoms with E-state index in [1.165, 1.54) is 13.8 Å². The fraction of sp³-hybridized carbons (Fsp3) is 0.333. The highest BCUT2D eigenvalue weighted by Crippen LogP contribution is 2.17. The summed E-state index contributed by atoms with van der Waals surface area (Å²) in [6, 6.07) is 6.97. The Bertz CT molecular complexity index is 384. The van der Waals surface area contributed by atoms with Crippen LogP contribution in [0.4, 0.5) is 0 Å². The molecule has 86 valence electrons. The summed E-state index contributed by atoms with van der Waals surface area (Å²) in [6.45, 7) is 3.24. The molecule has 0 saturated carbocycles. The lowest BCUT2D eigenvalue weighted by molar-refractivity contribution is -0.141. The third-order valence-electron chi connectivity index (χ3n) is 1.91. The van der Waals surface area contributed by atoms with Crippen LogP contribution in [-0.2, 0) is 9.53 Å². The van der Waals surface area contributed by atoms with Gasteiger partial charge in [-0.05, 0) is 19.1 Å². The molecule has 0 aliphatic heterocycles. The molecule has 1 rings (SSSR count). The molecule has 0 radical (unpaired) electrons. The van der Waals surface area contributed by atoms with Crippen molar-refractivity contribution in [2.24, 2.45) is 0 Å². The van der Waals surface area contributed by atoms with Crippen molar-refractivity contribution in [1.29, 1.82) is 0 Å². The zero-order chi connectivity index (χ0) is 12.0. The van der Waals surface area contributed by atoms with Crippen LogP contribution in [0.1, 0.15) is 24.2 Å². The van der Waals surface area contributed by atoms with Gasteiger partial charge in [-0.3, -0.25) is 9.59 Å². The lowest BCUT2D eigenvalue weighted by Gasteiger charge is -2.09. The van der Waals surface area contributed by atoms with E-state index in [-0.39, 0.29) is 25.0 Å². The molecule has 0 aliphatic rings. The number of benzene rings is 1. The van der Waals surface area contributed by atoms with Crippen LogP contribution in [0, 0.1) is 0 Å². The molecule has 4 nitrogen and oxygen atoms in total. The molecule has 0 atom stereocenters. The molecule has 1 aromatic carbocycles. The largest absolute Gasteiger partial charge is 0.489 e. The van der Waals surface area contributed by atoms with Crippen LogP contribution in [-0.4, -0.2) is 25.0 Å². The summed E-state index contributed by atoms with van der Waals surface area (Å²) < 4.78 is 10.1. The van der Waals surface area contributed by atoms with Gasteiger partial charge in [0.25, 0.3) is 0 Å². The molecular weight excluding hydrogens is 208 g/mol. The quantitative estimate of drug-likeness (QED) is 0.433. The Labute approximate surface area is 94.2 Å². The van der Waals surface area contributed by atoms with Crippen LogP contribution in [0.15, 0.2) is 24.3 Å². The number of hydrogen-bond acceptors (Lipinski definition) is 4. The van der Waals surface area contributed by atoms with Gasteiger partial charge in [-0.15, -0.1) is 0 Å². The van der Waals surface area contributed by atoms with Gasteiger partial charge in [-0.2, -0.15) is 0 Å². The van der Waals surface area contributed by atoms with Crippen molar-refractivity contribution >= 4 is 11.8 Å².